The Morgan fingerprint density at radius 1 is 1.19 bits per heavy atom. The van der Waals surface area contributed by atoms with E-state index in [9.17, 15) is 4.79 Å². The Balaban J connectivity index is 1.31. The number of hydrogen-bond donors (Lipinski definition) is 1. The van der Waals surface area contributed by atoms with Gasteiger partial charge in [-0.15, -0.1) is 0 Å². The molecule has 0 radical (unpaired) electrons. The first-order chi connectivity index (χ1) is 15.1. The van der Waals surface area contributed by atoms with Crippen LogP contribution in [-0.4, -0.2) is 32.6 Å². The molecule has 4 aromatic rings. The molecule has 3 heterocycles. The zero-order chi connectivity index (χ0) is 21.4. The summed E-state index contributed by atoms with van der Waals surface area (Å²) in [5.74, 6) is 0.986. The van der Waals surface area contributed by atoms with Crippen LogP contribution in [0.2, 0.25) is 5.02 Å². The van der Waals surface area contributed by atoms with Gasteiger partial charge in [0.05, 0.1) is 22.0 Å². The second kappa shape index (κ2) is 7.77. The molecular formula is C21H16ClN5O4. The summed E-state index contributed by atoms with van der Waals surface area (Å²) < 4.78 is 17.4. The summed E-state index contributed by atoms with van der Waals surface area (Å²) in [4.78, 5) is 16.7. The summed E-state index contributed by atoms with van der Waals surface area (Å²) in [5, 5.41) is 11.7. The van der Waals surface area contributed by atoms with Gasteiger partial charge in [0.15, 0.2) is 11.5 Å². The van der Waals surface area contributed by atoms with E-state index < -0.39 is 5.91 Å². The summed E-state index contributed by atoms with van der Waals surface area (Å²) in [6.45, 7) is 2.29. The molecule has 5 rings (SSSR count). The number of rotatable bonds is 5. The lowest BCUT2D eigenvalue weighted by atomic mass is 10.2. The van der Waals surface area contributed by atoms with Crippen molar-refractivity contribution in [1.82, 2.24) is 25.2 Å². The lowest BCUT2D eigenvalue weighted by molar-refractivity contribution is 0.0907. The highest BCUT2D eigenvalue weighted by Gasteiger charge is 2.20. The summed E-state index contributed by atoms with van der Waals surface area (Å²) in [7, 11) is 0. The van der Waals surface area contributed by atoms with Crippen LogP contribution in [0.25, 0.3) is 17.1 Å². The SMILES string of the molecule is Cc1nn(-c2ccccc2Cl)cc1-c1noc(C(=O)NCc2ccc3c(c2)OCO3)n1. The van der Waals surface area contributed by atoms with Crippen LogP contribution in [0.3, 0.4) is 0 Å². The first-order valence-corrected chi connectivity index (χ1v) is 9.78. The third-order valence-corrected chi connectivity index (χ3v) is 5.07. The third-order valence-electron chi connectivity index (χ3n) is 4.75. The topological polar surface area (TPSA) is 104 Å². The molecule has 1 N–H and O–H groups in total. The molecule has 9 nitrogen and oxygen atoms in total. The number of carbonyl (C=O) groups excluding carboxylic acids is 1. The number of carbonyl (C=O) groups is 1. The molecule has 1 amide bonds. The lowest BCUT2D eigenvalue weighted by Crippen LogP contribution is -2.23. The largest absolute Gasteiger partial charge is 0.454 e. The Bertz CT molecular complexity index is 1280. The number of halogens is 1. The smallest absolute Gasteiger partial charge is 0.316 e. The Hall–Kier alpha value is -3.85. The van der Waals surface area contributed by atoms with E-state index in [1.165, 1.54) is 0 Å². The van der Waals surface area contributed by atoms with Crippen LogP contribution in [-0.2, 0) is 6.54 Å². The van der Waals surface area contributed by atoms with Gasteiger partial charge in [0.25, 0.3) is 0 Å². The van der Waals surface area contributed by atoms with Crippen molar-refractivity contribution in [3.8, 4) is 28.6 Å². The fourth-order valence-electron chi connectivity index (χ4n) is 3.17. The third kappa shape index (κ3) is 3.71. The van der Waals surface area contributed by atoms with E-state index >= 15 is 0 Å². The number of ether oxygens (including phenoxy) is 2. The zero-order valence-corrected chi connectivity index (χ0v) is 17.1. The van der Waals surface area contributed by atoms with E-state index in [0.717, 1.165) is 11.3 Å². The van der Waals surface area contributed by atoms with Gasteiger partial charge in [0, 0.05) is 12.7 Å². The Labute approximate surface area is 181 Å². The highest BCUT2D eigenvalue weighted by Crippen LogP contribution is 2.32. The summed E-state index contributed by atoms with van der Waals surface area (Å²) in [5.41, 5.74) is 2.89. The number of benzene rings is 2. The van der Waals surface area contributed by atoms with Gasteiger partial charge < -0.3 is 19.3 Å². The number of para-hydroxylation sites is 1. The minimum atomic E-state index is -0.479. The van der Waals surface area contributed by atoms with E-state index in [0.29, 0.717) is 27.8 Å². The minimum absolute atomic E-state index is 0.138. The average molecular weight is 438 g/mol. The number of fused-ring (bicyclic) bond motifs is 1. The molecule has 156 valence electrons. The monoisotopic (exact) mass is 437 g/mol. The molecule has 2 aromatic carbocycles. The van der Waals surface area contributed by atoms with Gasteiger partial charge in [-0.25, -0.2) is 4.68 Å². The van der Waals surface area contributed by atoms with Gasteiger partial charge >= 0.3 is 11.8 Å². The summed E-state index contributed by atoms with van der Waals surface area (Å²) in [6, 6.07) is 12.8. The fraction of sp³-hybridized carbons (Fsp3) is 0.143. The van der Waals surface area contributed by atoms with Crippen LogP contribution in [0.5, 0.6) is 11.5 Å². The van der Waals surface area contributed by atoms with Crippen LogP contribution in [0.15, 0.2) is 53.2 Å². The van der Waals surface area contributed by atoms with Crippen molar-refractivity contribution < 1.29 is 18.8 Å². The van der Waals surface area contributed by atoms with Crippen molar-refractivity contribution >= 4 is 17.5 Å². The number of aromatic nitrogens is 4. The highest BCUT2D eigenvalue weighted by molar-refractivity contribution is 6.32. The van der Waals surface area contributed by atoms with Gasteiger partial charge in [-0.2, -0.15) is 10.1 Å². The maximum atomic E-state index is 12.5. The number of amides is 1. The van der Waals surface area contributed by atoms with Crippen LogP contribution in [0.4, 0.5) is 0 Å². The van der Waals surface area contributed by atoms with Crippen molar-refractivity contribution in [1.29, 1.82) is 0 Å². The second-order valence-electron chi connectivity index (χ2n) is 6.82. The van der Waals surface area contributed by atoms with Gasteiger partial charge in [-0.1, -0.05) is 35.0 Å². The van der Waals surface area contributed by atoms with Crippen molar-refractivity contribution in [2.24, 2.45) is 0 Å². The van der Waals surface area contributed by atoms with Crippen LogP contribution in [0, 0.1) is 6.92 Å². The second-order valence-corrected chi connectivity index (χ2v) is 7.22. The first kappa shape index (κ1) is 19.1. The molecule has 0 fully saturated rings. The standard InChI is InChI=1S/C21H16ClN5O4/c1-12-14(10-27(25-12)16-5-3-2-4-15(16)22)19-24-21(31-26-19)20(28)23-9-13-6-7-17-18(8-13)30-11-29-17/h2-8,10H,9,11H2,1H3,(H,23,28). The lowest BCUT2D eigenvalue weighted by Gasteiger charge is -2.03. The molecule has 31 heavy (non-hydrogen) atoms. The Morgan fingerprint density at radius 3 is 2.90 bits per heavy atom. The van der Waals surface area contributed by atoms with E-state index in [4.69, 9.17) is 25.6 Å². The molecule has 0 aliphatic carbocycles. The zero-order valence-electron chi connectivity index (χ0n) is 16.3. The minimum Gasteiger partial charge on any atom is -0.454 e. The van der Waals surface area contributed by atoms with Gasteiger partial charge in [-0.3, -0.25) is 4.79 Å². The van der Waals surface area contributed by atoms with Crippen LogP contribution < -0.4 is 14.8 Å². The molecule has 0 atom stereocenters. The van der Waals surface area contributed by atoms with E-state index in [-0.39, 0.29) is 25.1 Å². The normalized spacial score (nSPS) is 12.2. The van der Waals surface area contributed by atoms with Crippen LogP contribution in [0.1, 0.15) is 21.9 Å². The van der Waals surface area contributed by atoms with E-state index in [2.05, 4.69) is 20.6 Å². The van der Waals surface area contributed by atoms with E-state index in [1.807, 2.05) is 37.3 Å². The number of hydrogen-bond acceptors (Lipinski definition) is 7. The van der Waals surface area contributed by atoms with Crippen molar-refractivity contribution in [3.05, 3.63) is 70.8 Å². The first-order valence-electron chi connectivity index (χ1n) is 9.40. The Morgan fingerprint density at radius 2 is 2.03 bits per heavy atom. The van der Waals surface area contributed by atoms with Gasteiger partial charge in [-0.05, 0) is 36.8 Å². The molecule has 0 saturated carbocycles. The molecular weight excluding hydrogens is 422 g/mol. The van der Waals surface area contributed by atoms with Gasteiger partial charge in [0.1, 0.15) is 0 Å². The fourth-order valence-corrected chi connectivity index (χ4v) is 3.40. The maximum Gasteiger partial charge on any atom is 0.316 e. The van der Waals surface area contributed by atoms with E-state index in [1.54, 1.807) is 23.0 Å². The number of nitrogens with zero attached hydrogens (tertiary/aromatic N) is 4. The van der Waals surface area contributed by atoms with Crippen molar-refractivity contribution in [2.45, 2.75) is 13.5 Å². The Kier molecular flexibility index (Phi) is 4.79. The molecule has 2 aromatic heterocycles. The molecule has 0 spiro atoms. The quantitative estimate of drug-likeness (QED) is 0.509. The summed E-state index contributed by atoms with van der Waals surface area (Å²) in [6.07, 6.45) is 1.75. The predicted octanol–water partition coefficient (Wildman–Crippen LogP) is 3.54. The van der Waals surface area contributed by atoms with Gasteiger partial charge in [0.2, 0.25) is 12.6 Å². The molecule has 0 saturated heterocycles. The molecule has 0 unspecified atom stereocenters. The van der Waals surface area contributed by atoms with Crippen molar-refractivity contribution in [2.75, 3.05) is 6.79 Å². The molecule has 10 heteroatoms. The number of nitrogens with one attached hydrogen (secondary N) is 1. The predicted molar refractivity (Wildman–Crippen MR) is 110 cm³/mol. The van der Waals surface area contributed by atoms with Crippen molar-refractivity contribution in [3.63, 3.8) is 0 Å². The summed E-state index contributed by atoms with van der Waals surface area (Å²) >= 11 is 6.25. The average Bonchev–Trinajstić information content (AvgIpc) is 3.51. The highest BCUT2D eigenvalue weighted by atomic mass is 35.5. The molecule has 1 aliphatic rings. The molecule has 1 aliphatic heterocycles. The molecule has 0 bridgehead atoms. The van der Waals surface area contributed by atoms with Crippen LogP contribution >= 0.6 is 11.6 Å². The maximum absolute atomic E-state index is 12.5. The number of aryl methyl sites for hydroxylation is 1.